The Bertz CT molecular complexity index is 918. The van der Waals surface area contributed by atoms with Gasteiger partial charge in [0.05, 0.1) is 26.4 Å². The summed E-state index contributed by atoms with van der Waals surface area (Å²) in [5.74, 6) is 0.922. The summed E-state index contributed by atoms with van der Waals surface area (Å²) in [5, 5.41) is 4.00. The van der Waals surface area contributed by atoms with Gasteiger partial charge in [-0.05, 0) is 25.0 Å². The van der Waals surface area contributed by atoms with E-state index in [-0.39, 0.29) is 30.0 Å². The number of amides is 2. The van der Waals surface area contributed by atoms with Crippen LogP contribution in [0.5, 0.6) is 5.75 Å². The van der Waals surface area contributed by atoms with Crippen molar-refractivity contribution in [3.8, 4) is 17.1 Å². The molecule has 4 rings (SSSR count). The minimum Gasteiger partial charge on any atom is -0.497 e. The first-order valence-electron chi connectivity index (χ1n) is 11.0. The second-order valence-electron chi connectivity index (χ2n) is 7.94. The molecule has 0 aliphatic carbocycles. The highest BCUT2D eigenvalue weighted by molar-refractivity contribution is 5.93. The molecule has 2 aromatic rings. The van der Waals surface area contributed by atoms with Gasteiger partial charge in [-0.3, -0.25) is 9.59 Å². The second-order valence-corrected chi connectivity index (χ2v) is 7.94. The van der Waals surface area contributed by atoms with Gasteiger partial charge in [0.2, 0.25) is 5.91 Å². The Morgan fingerprint density at radius 1 is 1.22 bits per heavy atom. The van der Waals surface area contributed by atoms with Gasteiger partial charge < -0.3 is 28.5 Å². The topological polar surface area (TPSA) is 94.3 Å². The van der Waals surface area contributed by atoms with Gasteiger partial charge in [-0.15, -0.1) is 0 Å². The van der Waals surface area contributed by atoms with E-state index in [1.54, 1.807) is 23.0 Å². The summed E-state index contributed by atoms with van der Waals surface area (Å²) in [6.45, 7) is 3.71. The Hall–Kier alpha value is -2.91. The SMILES string of the molecule is COc1cccc(-c2cc(C(=O)N(CCC(=O)N3CCOCC3)C[C@@H]3CCCO3)no2)c1. The van der Waals surface area contributed by atoms with Gasteiger partial charge in [-0.1, -0.05) is 17.3 Å². The third-order valence-electron chi connectivity index (χ3n) is 5.78. The van der Waals surface area contributed by atoms with E-state index >= 15 is 0 Å². The van der Waals surface area contributed by atoms with Crippen LogP contribution in [-0.4, -0.2) is 86.0 Å². The Kier molecular flexibility index (Phi) is 7.39. The quantitative estimate of drug-likeness (QED) is 0.617. The molecule has 2 aliphatic rings. The Balaban J connectivity index is 1.45. The smallest absolute Gasteiger partial charge is 0.276 e. The van der Waals surface area contributed by atoms with Gasteiger partial charge in [-0.25, -0.2) is 0 Å². The molecule has 0 radical (unpaired) electrons. The van der Waals surface area contributed by atoms with Gasteiger partial charge in [0.15, 0.2) is 11.5 Å². The molecule has 3 heterocycles. The van der Waals surface area contributed by atoms with Crippen molar-refractivity contribution in [2.75, 3.05) is 53.1 Å². The third-order valence-corrected chi connectivity index (χ3v) is 5.78. The molecule has 0 unspecified atom stereocenters. The highest BCUT2D eigenvalue weighted by Gasteiger charge is 2.27. The number of hydrogen-bond donors (Lipinski definition) is 0. The molecule has 1 aromatic heterocycles. The first-order valence-corrected chi connectivity index (χ1v) is 11.0. The maximum atomic E-state index is 13.3. The predicted molar refractivity (Wildman–Crippen MR) is 115 cm³/mol. The molecular formula is C23H29N3O6. The summed E-state index contributed by atoms with van der Waals surface area (Å²) < 4.78 is 21.7. The van der Waals surface area contributed by atoms with E-state index in [0.29, 0.717) is 57.5 Å². The van der Waals surface area contributed by atoms with E-state index in [0.717, 1.165) is 18.4 Å². The second kappa shape index (κ2) is 10.6. The number of nitrogens with zero attached hydrogens (tertiary/aromatic N) is 3. The molecule has 9 heteroatoms. The molecule has 0 saturated carbocycles. The van der Waals surface area contributed by atoms with E-state index in [4.69, 9.17) is 18.7 Å². The fourth-order valence-corrected chi connectivity index (χ4v) is 3.96. The number of aromatic nitrogens is 1. The molecule has 0 N–H and O–H groups in total. The third kappa shape index (κ3) is 5.46. The fraction of sp³-hybridized carbons (Fsp3) is 0.522. The van der Waals surface area contributed by atoms with Crippen LogP contribution in [0, 0.1) is 0 Å². The lowest BCUT2D eigenvalue weighted by Crippen LogP contribution is -2.44. The van der Waals surface area contributed by atoms with E-state index < -0.39 is 0 Å². The fourth-order valence-electron chi connectivity index (χ4n) is 3.96. The zero-order valence-electron chi connectivity index (χ0n) is 18.3. The molecule has 2 amide bonds. The molecule has 0 bridgehead atoms. The van der Waals surface area contributed by atoms with Crippen molar-refractivity contribution in [1.82, 2.24) is 15.0 Å². The molecule has 1 atom stereocenters. The molecule has 9 nitrogen and oxygen atoms in total. The van der Waals surface area contributed by atoms with Crippen LogP contribution in [0.15, 0.2) is 34.9 Å². The normalized spacial score (nSPS) is 18.5. The van der Waals surface area contributed by atoms with Crippen molar-refractivity contribution in [3.05, 3.63) is 36.0 Å². The first-order chi connectivity index (χ1) is 15.6. The van der Waals surface area contributed by atoms with Gasteiger partial charge in [0.25, 0.3) is 5.91 Å². The van der Waals surface area contributed by atoms with Crippen molar-refractivity contribution in [2.24, 2.45) is 0 Å². The highest BCUT2D eigenvalue weighted by Crippen LogP contribution is 2.25. The number of carbonyl (C=O) groups excluding carboxylic acids is 2. The Morgan fingerprint density at radius 2 is 2.06 bits per heavy atom. The van der Waals surface area contributed by atoms with Crippen molar-refractivity contribution >= 4 is 11.8 Å². The number of hydrogen-bond acceptors (Lipinski definition) is 7. The van der Waals surface area contributed by atoms with Crippen molar-refractivity contribution in [1.29, 1.82) is 0 Å². The average molecular weight is 444 g/mol. The van der Waals surface area contributed by atoms with Gasteiger partial charge in [0, 0.05) is 50.8 Å². The standard InChI is InChI=1S/C23H29N3O6/c1-29-18-5-2-4-17(14-18)21-15-20(24-32-21)23(28)26(16-19-6-3-11-31-19)8-7-22(27)25-9-12-30-13-10-25/h2,4-5,14-15,19H,3,6-13,16H2,1H3/t19-/m0/s1. The summed E-state index contributed by atoms with van der Waals surface area (Å²) in [7, 11) is 1.59. The maximum Gasteiger partial charge on any atom is 0.276 e. The highest BCUT2D eigenvalue weighted by atomic mass is 16.5. The van der Waals surface area contributed by atoms with Crippen molar-refractivity contribution in [3.63, 3.8) is 0 Å². The Labute approximate surface area is 187 Å². The monoisotopic (exact) mass is 443 g/mol. The van der Waals surface area contributed by atoms with Crippen molar-refractivity contribution in [2.45, 2.75) is 25.4 Å². The van der Waals surface area contributed by atoms with Crippen LogP contribution in [0.25, 0.3) is 11.3 Å². The van der Waals surface area contributed by atoms with Crippen LogP contribution < -0.4 is 4.74 Å². The summed E-state index contributed by atoms with van der Waals surface area (Å²) in [5.41, 5.74) is 0.976. The number of methoxy groups -OCH3 is 1. The molecule has 2 saturated heterocycles. The van der Waals surface area contributed by atoms with Gasteiger partial charge in [-0.2, -0.15) is 0 Å². The largest absolute Gasteiger partial charge is 0.497 e. The van der Waals surface area contributed by atoms with Crippen LogP contribution >= 0.6 is 0 Å². The molecule has 2 fully saturated rings. The summed E-state index contributed by atoms with van der Waals surface area (Å²) in [6, 6.07) is 8.99. The lowest BCUT2D eigenvalue weighted by atomic mass is 10.1. The molecule has 2 aliphatic heterocycles. The summed E-state index contributed by atoms with van der Waals surface area (Å²) >= 11 is 0. The minimum absolute atomic E-state index is 0.0238. The molecule has 32 heavy (non-hydrogen) atoms. The molecule has 1 aromatic carbocycles. The van der Waals surface area contributed by atoms with Crippen LogP contribution in [0.4, 0.5) is 0 Å². The van der Waals surface area contributed by atoms with Gasteiger partial charge >= 0.3 is 0 Å². The van der Waals surface area contributed by atoms with E-state index in [1.807, 2.05) is 24.3 Å². The molecular weight excluding hydrogens is 414 g/mol. The maximum absolute atomic E-state index is 13.3. The minimum atomic E-state index is -0.270. The lowest BCUT2D eigenvalue weighted by molar-refractivity contribution is -0.135. The van der Waals surface area contributed by atoms with Crippen LogP contribution in [0.3, 0.4) is 0 Å². The summed E-state index contributed by atoms with van der Waals surface area (Å²) in [4.78, 5) is 29.3. The summed E-state index contributed by atoms with van der Waals surface area (Å²) in [6.07, 6.45) is 2.10. The number of morpholine rings is 1. The van der Waals surface area contributed by atoms with Crippen LogP contribution in [0.2, 0.25) is 0 Å². The van der Waals surface area contributed by atoms with E-state index in [2.05, 4.69) is 5.16 Å². The number of carbonyl (C=O) groups is 2. The predicted octanol–water partition coefficient (Wildman–Crippen LogP) is 2.22. The number of rotatable bonds is 8. The lowest BCUT2D eigenvalue weighted by Gasteiger charge is -2.29. The van der Waals surface area contributed by atoms with E-state index in [9.17, 15) is 9.59 Å². The molecule has 172 valence electrons. The number of ether oxygens (including phenoxy) is 3. The molecule has 0 spiro atoms. The zero-order chi connectivity index (χ0) is 22.3. The van der Waals surface area contributed by atoms with Crippen molar-refractivity contribution < 1.29 is 28.3 Å². The van der Waals surface area contributed by atoms with E-state index in [1.165, 1.54) is 0 Å². The van der Waals surface area contributed by atoms with Crippen LogP contribution in [-0.2, 0) is 14.3 Å². The Morgan fingerprint density at radius 3 is 2.81 bits per heavy atom. The first kappa shape index (κ1) is 22.3. The van der Waals surface area contributed by atoms with Crippen LogP contribution in [0.1, 0.15) is 29.8 Å². The average Bonchev–Trinajstić information content (AvgIpc) is 3.54. The zero-order valence-corrected chi connectivity index (χ0v) is 18.3. The number of benzene rings is 1. The van der Waals surface area contributed by atoms with Gasteiger partial charge in [0.1, 0.15) is 5.75 Å².